The van der Waals surface area contributed by atoms with Crippen molar-refractivity contribution in [1.29, 1.82) is 0 Å². The minimum atomic E-state index is -2.59. The minimum absolute atomic E-state index is 0.241. The van der Waals surface area contributed by atoms with Crippen molar-refractivity contribution in [2.45, 2.75) is 12.0 Å². The third kappa shape index (κ3) is 0.754. The molecule has 2 heterocycles. The highest BCUT2D eigenvalue weighted by Gasteiger charge is 2.53. The van der Waals surface area contributed by atoms with Crippen LogP contribution in [0.3, 0.4) is 0 Å². The normalized spacial score (nSPS) is 43.8. The summed E-state index contributed by atoms with van der Waals surface area (Å²) in [5, 5.41) is 2.87. The van der Waals surface area contributed by atoms with Crippen molar-refractivity contribution >= 4 is 0 Å². The first-order valence-corrected chi connectivity index (χ1v) is 3.40. The minimum Gasteiger partial charge on any atom is -0.370 e. The molecule has 0 bridgehead atoms. The summed E-state index contributed by atoms with van der Waals surface area (Å²) in [5.41, 5.74) is 0. The largest absolute Gasteiger partial charge is 0.370 e. The van der Waals surface area contributed by atoms with Crippen LogP contribution in [0.4, 0.5) is 8.78 Å². The van der Waals surface area contributed by atoms with E-state index in [-0.39, 0.29) is 12.7 Å². The molecule has 58 valence electrons. The highest BCUT2D eigenvalue weighted by Crippen LogP contribution is 2.37. The van der Waals surface area contributed by atoms with Crippen LogP contribution in [0.1, 0.15) is 0 Å². The molecule has 0 aliphatic carbocycles. The maximum Gasteiger partial charge on any atom is 0.277 e. The second kappa shape index (κ2) is 1.89. The van der Waals surface area contributed by atoms with Crippen LogP contribution in [0.15, 0.2) is 0 Å². The zero-order chi connectivity index (χ0) is 7.19. The molecule has 10 heavy (non-hydrogen) atoms. The van der Waals surface area contributed by atoms with Gasteiger partial charge in [-0.25, -0.2) is 8.78 Å². The van der Waals surface area contributed by atoms with Crippen LogP contribution >= 0.6 is 0 Å². The SMILES string of the molecule is FC1(F)CO[C@H]2CNC[C@@H]21. The molecule has 0 radical (unpaired) electrons. The lowest BCUT2D eigenvalue weighted by molar-refractivity contribution is -0.0356. The summed E-state index contributed by atoms with van der Waals surface area (Å²) in [5.74, 6) is -3.17. The van der Waals surface area contributed by atoms with E-state index in [0.717, 1.165) is 0 Å². The van der Waals surface area contributed by atoms with E-state index in [1.54, 1.807) is 0 Å². The Hall–Kier alpha value is -0.220. The van der Waals surface area contributed by atoms with Crippen LogP contribution in [-0.4, -0.2) is 31.7 Å². The van der Waals surface area contributed by atoms with E-state index in [1.165, 1.54) is 0 Å². The average molecular weight is 149 g/mol. The molecule has 4 heteroatoms. The van der Waals surface area contributed by atoms with Gasteiger partial charge in [0.25, 0.3) is 5.92 Å². The van der Waals surface area contributed by atoms with E-state index in [1.807, 2.05) is 0 Å². The highest BCUT2D eigenvalue weighted by atomic mass is 19.3. The van der Waals surface area contributed by atoms with Gasteiger partial charge in [0.1, 0.15) is 6.61 Å². The smallest absolute Gasteiger partial charge is 0.277 e. The van der Waals surface area contributed by atoms with Gasteiger partial charge in [0, 0.05) is 13.1 Å². The molecule has 2 aliphatic rings. The van der Waals surface area contributed by atoms with Crippen molar-refractivity contribution in [2.24, 2.45) is 5.92 Å². The topological polar surface area (TPSA) is 21.3 Å². The number of rotatable bonds is 0. The summed E-state index contributed by atoms with van der Waals surface area (Å²) in [4.78, 5) is 0. The van der Waals surface area contributed by atoms with E-state index in [0.29, 0.717) is 13.1 Å². The summed E-state index contributed by atoms with van der Waals surface area (Å²) in [6, 6.07) is 0. The molecule has 2 saturated heterocycles. The molecule has 2 aliphatic heterocycles. The molecule has 0 unspecified atom stereocenters. The van der Waals surface area contributed by atoms with Crippen LogP contribution in [0.25, 0.3) is 0 Å². The molecule has 0 aromatic carbocycles. The maximum absolute atomic E-state index is 12.7. The summed E-state index contributed by atoms with van der Waals surface area (Å²) in [7, 11) is 0. The van der Waals surface area contributed by atoms with Gasteiger partial charge in [-0.05, 0) is 0 Å². The van der Waals surface area contributed by atoms with Gasteiger partial charge in [-0.2, -0.15) is 0 Å². The molecule has 0 spiro atoms. The lowest BCUT2D eigenvalue weighted by atomic mass is 10.0. The molecule has 0 amide bonds. The third-order valence-corrected chi connectivity index (χ3v) is 2.19. The Labute approximate surface area is 57.5 Å². The van der Waals surface area contributed by atoms with Gasteiger partial charge in [-0.3, -0.25) is 0 Å². The Balaban J connectivity index is 2.16. The van der Waals surface area contributed by atoms with E-state index < -0.39 is 11.8 Å². The fourth-order valence-corrected chi connectivity index (χ4v) is 1.58. The predicted molar refractivity (Wildman–Crippen MR) is 31.0 cm³/mol. The lowest BCUT2D eigenvalue weighted by Crippen LogP contribution is -2.30. The van der Waals surface area contributed by atoms with Crippen LogP contribution in [-0.2, 0) is 4.74 Å². The maximum atomic E-state index is 12.7. The standard InChI is InChI=1S/C6H9F2NO/c7-6(8)3-10-5-2-9-1-4(5)6/h4-5,9H,1-3H2/t4-,5-/m0/s1. The van der Waals surface area contributed by atoms with E-state index in [9.17, 15) is 8.78 Å². The molecule has 2 rings (SSSR count). The van der Waals surface area contributed by atoms with E-state index >= 15 is 0 Å². The average Bonchev–Trinajstić information content (AvgIpc) is 2.36. The van der Waals surface area contributed by atoms with Gasteiger partial charge in [0.15, 0.2) is 0 Å². The first-order chi connectivity index (χ1) is 4.70. The quantitative estimate of drug-likeness (QED) is 0.532. The highest BCUT2D eigenvalue weighted by molar-refractivity contribution is 4.96. The Kier molecular flexibility index (Phi) is 1.22. The molecular formula is C6H9F2NO. The molecule has 2 nitrogen and oxygen atoms in total. The van der Waals surface area contributed by atoms with Crippen molar-refractivity contribution < 1.29 is 13.5 Å². The number of nitrogens with one attached hydrogen (secondary N) is 1. The van der Waals surface area contributed by atoms with Crippen LogP contribution < -0.4 is 5.32 Å². The molecule has 0 saturated carbocycles. The van der Waals surface area contributed by atoms with E-state index in [4.69, 9.17) is 4.74 Å². The first kappa shape index (κ1) is 6.49. The molecule has 0 aromatic heterocycles. The number of halogens is 2. The summed E-state index contributed by atoms with van der Waals surface area (Å²) < 4.78 is 30.3. The zero-order valence-electron chi connectivity index (χ0n) is 5.44. The third-order valence-electron chi connectivity index (χ3n) is 2.19. The van der Waals surface area contributed by atoms with Gasteiger partial charge in [-0.15, -0.1) is 0 Å². The Morgan fingerprint density at radius 2 is 2.20 bits per heavy atom. The van der Waals surface area contributed by atoms with Gasteiger partial charge in [0.2, 0.25) is 0 Å². The van der Waals surface area contributed by atoms with Gasteiger partial charge in [-0.1, -0.05) is 0 Å². The molecule has 2 fully saturated rings. The van der Waals surface area contributed by atoms with E-state index in [2.05, 4.69) is 5.32 Å². The molecular weight excluding hydrogens is 140 g/mol. The second-order valence-corrected chi connectivity index (χ2v) is 2.88. The van der Waals surface area contributed by atoms with Crippen LogP contribution in [0, 0.1) is 5.92 Å². The van der Waals surface area contributed by atoms with Crippen molar-refractivity contribution in [1.82, 2.24) is 5.32 Å². The lowest BCUT2D eigenvalue weighted by Gasteiger charge is -2.12. The number of fused-ring (bicyclic) bond motifs is 1. The van der Waals surface area contributed by atoms with Gasteiger partial charge < -0.3 is 10.1 Å². The number of alkyl halides is 2. The van der Waals surface area contributed by atoms with Crippen molar-refractivity contribution in [3.63, 3.8) is 0 Å². The Morgan fingerprint density at radius 3 is 2.90 bits per heavy atom. The fourth-order valence-electron chi connectivity index (χ4n) is 1.58. The fraction of sp³-hybridized carbons (Fsp3) is 1.00. The number of ether oxygens (including phenoxy) is 1. The molecule has 0 aromatic rings. The predicted octanol–water partition coefficient (Wildman–Crippen LogP) is 0.240. The number of hydrogen-bond donors (Lipinski definition) is 1. The Bertz CT molecular complexity index is 151. The van der Waals surface area contributed by atoms with Crippen LogP contribution in [0.5, 0.6) is 0 Å². The Morgan fingerprint density at radius 1 is 1.40 bits per heavy atom. The van der Waals surface area contributed by atoms with Gasteiger partial charge in [0.05, 0.1) is 12.0 Å². The second-order valence-electron chi connectivity index (χ2n) is 2.88. The number of hydrogen-bond acceptors (Lipinski definition) is 2. The molecule has 1 N–H and O–H groups in total. The van der Waals surface area contributed by atoms with Crippen molar-refractivity contribution in [3.05, 3.63) is 0 Å². The summed E-state index contributed by atoms with van der Waals surface area (Å²) in [6.07, 6.45) is -0.241. The summed E-state index contributed by atoms with van der Waals surface area (Å²) >= 11 is 0. The zero-order valence-corrected chi connectivity index (χ0v) is 5.44. The van der Waals surface area contributed by atoms with Crippen molar-refractivity contribution in [2.75, 3.05) is 19.7 Å². The van der Waals surface area contributed by atoms with Crippen LogP contribution in [0.2, 0.25) is 0 Å². The van der Waals surface area contributed by atoms with Gasteiger partial charge >= 0.3 is 0 Å². The first-order valence-electron chi connectivity index (χ1n) is 3.40. The monoisotopic (exact) mass is 149 g/mol. The summed E-state index contributed by atoms with van der Waals surface area (Å²) in [6.45, 7) is 0.599. The van der Waals surface area contributed by atoms with Crippen molar-refractivity contribution in [3.8, 4) is 0 Å². The molecule has 2 atom stereocenters.